The van der Waals surface area contributed by atoms with Crippen LogP contribution in [0.25, 0.3) is 11.2 Å². The maximum atomic E-state index is 9.22. The van der Waals surface area contributed by atoms with Crippen molar-refractivity contribution in [1.82, 2.24) is 24.8 Å². The Balaban J connectivity index is 1.73. The van der Waals surface area contributed by atoms with Crippen LogP contribution in [-0.2, 0) is 6.54 Å². The third kappa shape index (κ3) is 3.85. The maximum absolute atomic E-state index is 9.22. The first-order chi connectivity index (χ1) is 13.9. The van der Waals surface area contributed by atoms with E-state index in [9.17, 15) is 5.11 Å². The highest BCUT2D eigenvalue weighted by molar-refractivity contribution is 5.69. The third-order valence-corrected chi connectivity index (χ3v) is 4.54. The van der Waals surface area contributed by atoms with Gasteiger partial charge in [-0.1, -0.05) is 48.5 Å². The van der Waals surface area contributed by atoms with Gasteiger partial charge in [-0.3, -0.25) is 9.88 Å². The summed E-state index contributed by atoms with van der Waals surface area (Å²) in [6.45, 7) is 1.23. The molecule has 0 aliphatic heterocycles. The predicted molar refractivity (Wildman–Crippen MR) is 109 cm³/mol. The zero-order chi connectivity index (χ0) is 19.2. The number of nitrogens with one attached hydrogen (secondary N) is 2. The molecule has 1 unspecified atom stereocenters. The van der Waals surface area contributed by atoms with Gasteiger partial charge in [0.25, 0.3) is 0 Å². The maximum Gasteiger partial charge on any atom is 0.164 e. The Morgan fingerprint density at radius 2 is 1.82 bits per heavy atom. The minimum atomic E-state index is -0.192. The van der Waals surface area contributed by atoms with E-state index in [4.69, 9.17) is 0 Å². The van der Waals surface area contributed by atoms with Gasteiger partial charge in [-0.2, -0.15) is 0 Å². The van der Waals surface area contributed by atoms with Crippen molar-refractivity contribution in [1.29, 1.82) is 0 Å². The summed E-state index contributed by atoms with van der Waals surface area (Å²) in [5.74, 6) is 0. The molecule has 0 spiro atoms. The van der Waals surface area contributed by atoms with Crippen molar-refractivity contribution < 1.29 is 5.11 Å². The standard InChI is InChI=1S/C21H22N6O/c28-11-10-23-18-9-5-4-8-17(18)20(24-12-16-6-2-1-3-7-16)27-15-26-19-13-22-14-25-21(19)27/h1-9,13-15,20,23-24,28H,10-12H2. The van der Waals surface area contributed by atoms with Gasteiger partial charge < -0.3 is 10.4 Å². The number of rotatable bonds is 8. The zero-order valence-corrected chi connectivity index (χ0v) is 15.4. The van der Waals surface area contributed by atoms with Crippen molar-refractivity contribution in [2.75, 3.05) is 18.5 Å². The molecule has 7 heteroatoms. The molecule has 3 N–H and O–H groups in total. The van der Waals surface area contributed by atoms with Crippen LogP contribution in [-0.4, -0.2) is 37.8 Å². The molecule has 2 heterocycles. The minimum Gasteiger partial charge on any atom is -0.395 e. The van der Waals surface area contributed by atoms with Crippen LogP contribution in [0.5, 0.6) is 0 Å². The second-order valence-electron chi connectivity index (χ2n) is 6.39. The smallest absolute Gasteiger partial charge is 0.164 e. The van der Waals surface area contributed by atoms with E-state index in [-0.39, 0.29) is 12.8 Å². The number of para-hydroxylation sites is 1. The van der Waals surface area contributed by atoms with E-state index in [0.29, 0.717) is 13.1 Å². The molecule has 4 rings (SSSR count). The summed E-state index contributed by atoms with van der Waals surface area (Å²) in [4.78, 5) is 12.9. The van der Waals surface area contributed by atoms with E-state index in [2.05, 4.69) is 43.8 Å². The number of nitrogens with zero attached hydrogens (tertiary/aromatic N) is 4. The Morgan fingerprint density at radius 3 is 2.68 bits per heavy atom. The summed E-state index contributed by atoms with van der Waals surface area (Å²) in [5, 5.41) is 16.1. The van der Waals surface area contributed by atoms with E-state index in [1.807, 2.05) is 41.0 Å². The van der Waals surface area contributed by atoms with Crippen molar-refractivity contribution in [3.63, 3.8) is 0 Å². The molecule has 0 aliphatic rings. The number of benzene rings is 2. The molecule has 0 saturated carbocycles. The zero-order valence-electron chi connectivity index (χ0n) is 15.4. The monoisotopic (exact) mass is 374 g/mol. The van der Waals surface area contributed by atoms with Crippen LogP contribution in [0.3, 0.4) is 0 Å². The van der Waals surface area contributed by atoms with Crippen molar-refractivity contribution in [3.05, 3.63) is 84.6 Å². The van der Waals surface area contributed by atoms with Crippen LogP contribution in [0.1, 0.15) is 17.3 Å². The summed E-state index contributed by atoms with van der Waals surface area (Å²) in [7, 11) is 0. The number of aliphatic hydroxyl groups excluding tert-OH is 1. The Bertz CT molecular complexity index is 1030. The van der Waals surface area contributed by atoms with Gasteiger partial charge in [0.2, 0.25) is 0 Å². The van der Waals surface area contributed by atoms with E-state index in [1.54, 1.807) is 12.5 Å². The number of hydrogen-bond acceptors (Lipinski definition) is 6. The van der Waals surface area contributed by atoms with Gasteiger partial charge in [-0.15, -0.1) is 0 Å². The first kappa shape index (κ1) is 18.1. The predicted octanol–water partition coefficient (Wildman–Crippen LogP) is 2.57. The van der Waals surface area contributed by atoms with Crippen LogP contribution in [0.4, 0.5) is 5.69 Å². The Morgan fingerprint density at radius 1 is 1.00 bits per heavy atom. The quantitative estimate of drug-likeness (QED) is 0.439. The Hall–Kier alpha value is -3.29. The molecule has 142 valence electrons. The molecular weight excluding hydrogens is 352 g/mol. The molecule has 28 heavy (non-hydrogen) atoms. The molecule has 2 aromatic heterocycles. The van der Waals surface area contributed by atoms with E-state index < -0.39 is 0 Å². The van der Waals surface area contributed by atoms with Gasteiger partial charge in [-0.05, 0) is 11.6 Å². The van der Waals surface area contributed by atoms with Crippen molar-refractivity contribution >= 4 is 16.9 Å². The lowest BCUT2D eigenvalue weighted by Gasteiger charge is -2.24. The van der Waals surface area contributed by atoms with Crippen molar-refractivity contribution in [2.24, 2.45) is 0 Å². The number of imidazole rings is 1. The van der Waals surface area contributed by atoms with Crippen LogP contribution in [0, 0.1) is 0 Å². The van der Waals surface area contributed by atoms with Crippen LogP contribution in [0.2, 0.25) is 0 Å². The van der Waals surface area contributed by atoms with E-state index in [0.717, 1.165) is 22.4 Å². The first-order valence-electron chi connectivity index (χ1n) is 9.20. The SMILES string of the molecule is OCCNc1ccccc1C(NCc1ccccc1)n1cnc2cncnc21. The second kappa shape index (κ2) is 8.60. The average Bonchev–Trinajstić information content (AvgIpc) is 3.18. The molecule has 0 fully saturated rings. The van der Waals surface area contributed by atoms with Gasteiger partial charge in [0.15, 0.2) is 5.65 Å². The number of aliphatic hydroxyl groups is 1. The van der Waals surface area contributed by atoms with Crippen LogP contribution >= 0.6 is 0 Å². The van der Waals surface area contributed by atoms with Crippen molar-refractivity contribution in [2.45, 2.75) is 12.7 Å². The van der Waals surface area contributed by atoms with Gasteiger partial charge in [0, 0.05) is 24.3 Å². The highest BCUT2D eigenvalue weighted by Gasteiger charge is 2.19. The minimum absolute atomic E-state index is 0.0671. The fourth-order valence-electron chi connectivity index (χ4n) is 3.23. The summed E-state index contributed by atoms with van der Waals surface area (Å²) in [5.41, 5.74) is 4.70. The van der Waals surface area contributed by atoms with Crippen LogP contribution < -0.4 is 10.6 Å². The number of aromatic nitrogens is 4. The van der Waals surface area contributed by atoms with Crippen molar-refractivity contribution in [3.8, 4) is 0 Å². The first-order valence-corrected chi connectivity index (χ1v) is 9.20. The molecule has 1 atom stereocenters. The fourth-order valence-corrected chi connectivity index (χ4v) is 3.23. The molecular formula is C21H22N6O. The summed E-state index contributed by atoms with van der Waals surface area (Å²) in [6.07, 6.45) is 4.83. The average molecular weight is 374 g/mol. The summed E-state index contributed by atoms with van der Waals surface area (Å²) in [6, 6.07) is 18.3. The fraction of sp³-hybridized carbons (Fsp3) is 0.190. The molecule has 0 radical (unpaired) electrons. The number of fused-ring (bicyclic) bond motifs is 1. The van der Waals surface area contributed by atoms with E-state index >= 15 is 0 Å². The summed E-state index contributed by atoms with van der Waals surface area (Å²) < 4.78 is 2.01. The number of hydrogen-bond donors (Lipinski definition) is 3. The van der Waals surface area contributed by atoms with Gasteiger partial charge in [-0.25, -0.2) is 15.0 Å². The van der Waals surface area contributed by atoms with E-state index in [1.165, 1.54) is 11.9 Å². The normalized spacial score (nSPS) is 12.2. The lowest BCUT2D eigenvalue weighted by Crippen LogP contribution is -2.28. The Kier molecular flexibility index (Phi) is 5.56. The largest absolute Gasteiger partial charge is 0.395 e. The topological polar surface area (TPSA) is 87.9 Å². The number of anilines is 1. The third-order valence-electron chi connectivity index (χ3n) is 4.54. The molecule has 2 aromatic carbocycles. The lowest BCUT2D eigenvalue weighted by atomic mass is 10.1. The van der Waals surface area contributed by atoms with Gasteiger partial charge >= 0.3 is 0 Å². The highest BCUT2D eigenvalue weighted by atomic mass is 16.3. The molecule has 0 amide bonds. The van der Waals surface area contributed by atoms with Gasteiger partial charge in [0.1, 0.15) is 18.0 Å². The molecule has 0 bridgehead atoms. The molecule has 4 aromatic rings. The summed E-state index contributed by atoms with van der Waals surface area (Å²) >= 11 is 0. The Labute approximate surface area is 163 Å². The highest BCUT2D eigenvalue weighted by Crippen LogP contribution is 2.27. The molecule has 7 nitrogen and oxygen atoms in total. The second-order valence-corrected chi connectivity index (χ2v) is 6.39. The van der Waals surface area contributed by atoms with Crippen LogP contribution in [0.15, 0.2) is 73.4 Å². The lowest BCUT2D eigenvalue weighted by molar-refractivity contribution is 0.311. The van der Waals surface area contributed by atoms with Gasteiger partial charge in [0.05, 0.1) is 19.1 Å². The molecule has 0 saturated heterocycles. The molecule has 0 aliphatic carbocycles.